The standard InChI is InChI=1S/C17H13F3N2O4/c18-17(19,20)12-5-1-3-10(7-12)14(23)9-26-15(24)11-4-2-6-13(8-11)22-16(21)25/h1-8H,9H2,(H3,21,22,25). The number of nitrogens with one attached hydrogen (secondary N) is 1. The number of urea groups is 1. The highest BCUT2D eigenvalue weighted by molar-refractivity contribution is 6.00. The Labute approximate surface area is 145 Å². The summed E-state index contributed by atoms with van der Waals surface area (Å²) in [6.45, 7) is -0.729. The molecule has 136 valence electrons. The lowest BCUT2D eigenvalue weighted by molar-refractivity contribution is -0.137. The van der Waals surface area contributed by atoms with Crippen molar-refractivity contribution in [3.63, 3.8) is 0 Å². The monoisotopic (exact) mass is 366 g/mol. The highest BCUT2D eigenvalue weighted by Gasteiger charge is 2.30. The number of amides is 2. The lowest BCUT2D eigenvalue weighted by Crippen LogP contribution is -2.19. The van der Waals surface area contributed by atoms with Crippen LogP contribution in [0.2, 0.25) is 0 Å². The molecule has 3 N–H and O–H groups in total. The van der Waals surface area contributed by atoms with E-state index in [4.69, 9.17) is 10.5 Å². The number of ketones is 1. The first-order valence-electron chi connectivity index (χ1n) is 7.21. The van der Waals surface area contributed by atoms with E-state index in [2.05, 4.69) is 5.32 Å². The maximum Gasteiger partial charge on any atom is 0.416 e. The van der Waals surface area contributed by atoms with E-state index in [9.17, 15) is 27.6 Å². The van der Waals surface area contributed by atoms with Gasteiger partial charge in [-0.1, -0.05) is 18.2 Å². The maximum absolute atomic E-state index is 12.7. The highest BCUT2D eigenvalue weighted by Crippen LogP contribution is 2.29. The van der Waals surface area contributed by atoms with Gasteiger partial charge >= 0.3 is 18.2 Å². The van der Waals surface area contributed by atoms with E-state index in [0.717, 1.165) is 12.1 Å². The lowest BCUT2D eigenvalue weighted by atomic mass is 10.1. The van der Waals surface area contributed by atoms with Crippen LogP contribution in [0, 0.1) is 0 Å². The second-order valence-electron chi connectivity index (χ2n) is 5.15. The predicted molar refractivity (Wildman–Crippen MR) is 85.7 cm³/mol. The number of Topliss-reactive ketones (excluding diaryl/α,β-unsaturated/α-hetero) is 1. The zero-order valence-electron chi connectivity index (χ0n) is 13.2. The Bertz CT molecular complexity index is 850. The average molecular weight is 366 g/mol. The van der Waals surface area contributed by atoms with Crippen molar-refractivity contribution in [2.45, 2.75) is 6.18 Å². The molecule has 0 radical (unpaired) electrons. The fraction of sp³-hybridized carbons (Fsp3) is 0.118. The van der Waals surface area contributed by atoms with Crippen LogP contribution in [0.5, 0.6) is 0 Å². The molecule has 0 saturated heterocycles. The number of benzene rings is 2. The van der Waals surface area contributed by atoms with Gasteiger partial charge in [-0.15, -0.1) is 0 Å². The third-order valence-electron chi connectivity index (χ3n) is 3.21. The molecule has 0 aliphatic rings. The van der Waals surface area contributed by atoms with Gasteiger partial charge in [0.05, 0.1) is 11.1 Å². The second kappa shape index (κ2) is 7.68. The Kier molecular flexibility index (Phi) is 5.61. The minimum atomic E-state index is -4.58. The van der Waals surface area contributed by atoms with Gasteiger partial charge in [-0.05, 0) is 30.3 Å². The van der Waals surface area contributed by atoms with Crippen LogP contribution >= 0.6 is 0 Å². The fourth-order valence-electron chi connectivity index (χ4n) is 2.03. The average Bonchev–Trinajstić information content (AvgIpc) is 2.58. The Morgan fingerprint density at radius 1 is 1.00 bits per heavy atom. The van der Waals surface area contributed by atoms with Gasteiger partial charge in [0.15, 0.2) is 12.4 Å². The van der Waals surface area contributed by atoms with Crippen LogP contribution < -0.4 is 11.1 Å². The van der Waals surface area contributed by atoms with Gasteiger partial charge in [0.2, 0.25) is 0 Å². The molecule has 0 heterocycles. The van der Waals surface area contributed by atoms with Crippen LogP contribution in [0.1, 0.15) is 26.3 Å². The molecule has 0 unspecified atom stereocenters. The van der Waals surface area contributed by atoms with Crippen molar-refractivity contribution >= 4 is 23.5 Å². The SMILES string of the molecule is NC(=O)Nc1cccc(C(=O)OCC(=O)c2cccc(C(F)(F)F)c2)c1. The molecule has 2 rings (SSSR count). The van der Waals surface area contributed by atoms with E-state index in [-0.39, 0.29) is 16.8 Å². The second-order valence-corrected chi connectivity index (χ2v) is 5.15. The molecule has 0 bridgehead atoms. The number of esters is 1. The van der Waals surface area contributed by atoms with Gasteiger partial charge in [-0.2, -0.15) is 13.2 Å². The quantitative estimate of drug-likeness (QED) is 0.627. The molecule has 0 aliphatic carbocycles. The van der Waals surface area contributed by atoms with Gasteiger partial charge in [-0.3, -0.25) is 4.79 Å². The molecular formula is C17H13F3N2O4. The molecule has 0 aliphatic heterocycles. The fourth-order valence-corrected chi connectivity index (χ4v) is 2.03. The molecule has 0 saturated carbocycles. The summed E-state index contributed by atoms with van der Waals surface area (Å²) >= 11 is 0. The Morgan fingerprint density at radius 2 is 1.65 bits per heavy atom. The van der Waals surface area contributed by atoms with E-state index in [1.54, 1.807) is 0 Å². The molecule has 0 aromatic heterocycles. The smallest absolute Gasteiger partial charge is 0.416 e. The van der Waals surface area contributed by atoms with Crippen molar-refractivity contribution in [3.8, 4) is 0 Å². The highest BCUT2D eigenvalue weighted by atomic mass is 19.4. The third kappa shape index (κ3) is 5.07. The molecule has 0 atom stereocenters. The van der Waals surface area contributed by atoms with Gasteiger partial charge < -0.3 is 15.8 Å². The molecular weight excluding hydrogens is 353 g/mol. The molecule has 0 spiro atoms. The van der Waals surface area contributed by atoms with Crippen LogP contribution in [-0.2, 0) is 10.9 Å². The van der Waals surface area contributed by atoms with Crippen molar-refractivity contribution in [1.82, 2.24) is 0 Å². The summed E-state index contributed by atoms with van der Waals surface area (Å²) in [7, 11) is 0. The minimum Gasteiger partial charge on any atom is -0.454 e. The van der Waals surface area contributed by atoms with Gasteiger partial charge in [0, 0.05) is 11.3 Å². The van der Waals surface area contributed by atoms with Crippen LogP contribution in [0.3, 0.4) is 0 Å². The van der Waals surface area contributed by atoms with Crippen molar-refractivity contribution in [2.75, 3.05) is 11.9 Å². The molecule has 2 aromatic carbocycles. The maximum atomic E-state index is 12.7. The predicted octanol–water partition coefficient (Wildman–Crippen LogP) is 3.24. The Hall–Kier alpha value is -3.36. The number of carbonyl (C=O) groups excluding carboxylic acids is 3. The number of hydrogen-bond donors (Lipinski definition) is 2. The molecule has 0 fully saturated rings. The van der Waals surface area contributed by atoms with E-state index in [0.29, 0.717) is 6.07 Å². The van der Waals surface area contributed by atoms with Crippen LogP contribution in [-0.4, -0.2) is 24.4 Å². The van der Waals surface area contributed by atoms with Crippen LogP contribution in [0.25, 0.3) is 0 Å². The topological polar surface area (TPSA) is 98.5 Å². The zero-order chi connectivity index (χ0) is 19.3. The molecule has 2 amide bonds. The summed E-state index contributed by atoms with van der Waals surface area (Å²) in [6.07, 6.45) is -4.58. The lowest BCUT2D eigenvalue weighted by Gasteiger charge is -2.09. The van der Waals surface area contributed by atoms with E-state index >= 15 is 0 Å². The van der Waals surface area contributed by atoms with E-state index < -0.39 is 36.1 Å². The summed E-state index contributed by atoms with van der Waals surface area (Å²) < 4.78 is 42.8. The molecule has 26 heavy (non-hydrogen) atoms. The largest absolute Gasteiger partial charge is 0.454 e. The van der Waals surface area contributed by atoms with Gasteiger partial charge in [-0.25, -0.2) is 9.59 Å². The van der Waals surface area contributed by atoms with Gasteiger partial charge in [0.25, 0.3) is 0 Å². The Balaban J connectivity index is 2.03. The summed E-state index contributed by atoms with van der Waals surface area (Å²) in [5.41, 5.74) is 4.05. The first-order chi connectivity index (χ1) is 12.2. The number of ether oxygens (including phenoxy) is 1. The summed E-state index contributed by atoms with van der Waals surface area (Å²) in [5, 5.41) is 2.27. The number of anilines is 1. The van der Waals surface area contributed by atoms with Gasteiger partial charge in [0.1, 0.15) is 0 Å². The molecule has 9 heteroatoms. The normalized spacial score (nSPS) is 10.9. The number of rotatable bonds is 5. The number of halogens is 3. The van der Waals surface area contributed by atoms with Crippen LogP contribution in [0.15, 0.2) is 48.5 Å². The Morgan fingerprint density at radius 3 is 2.31 bits per heavy atom. The van der Waals surface area contributed by atoms with Crippen molar-refractivity contribution in [1.29, 1.82) is 0 Å². The number of alkyl halides is 3. The first-order valence-corrected chi connectivity index (χ1v) is 7.21. The van der Waals surface area contributed by atoms with E-state index in [1.165, 1.54) is 30.3 Å². The third-order valence-corrected chi connectivity index (χ3v) is 3.21. The number of primary amides is 1. The molecule has 2 aromatic rings. The summed E-state index contributed by atoms with van der Waals surface area (Å²) in [4.78, 5) is 34.7. The zero-order valence-corrected chi connectivity index (χ0v) is 13.2. The van der Waals surface area contributed by atoms with E-state index in [1.807, 2.05) is 0 Å². The number of nitrogens with two attached hydrogens (primary N) is 1. The van der Waals surface area contributed by atoms with Crippen molar-refractivity contribution in [2.24, 2.45) is 5.73 Å². The number of hydrogen-bond acceptors (Lipinski definition) is 4. The minimum absolute atomic E-state index is 0.0353. The molecule has 6 nitrogen and oxygen atoms in total. The first kappa shape index (κ1) is 19.0. The van der Waals surface area contributed by atoms with Crippen molar-refractivity contribution < 1.29 is 32.3 Å². The van der Waals surface area contributed by atoms with Crippen LogP contribution in [0.4, 0.5) is 23.7 Å². The number of carbonyl (C=O) groups is 3. The van der Waals surface area contributed by atoms with Crippen molar-refractivity contribution in [3.05, 3.63) is 65.2 Å². The summed E-state index contributed by atoms with van der Waals surface area (Å²) in [5.74, 6) is -1.66. The summed E-state index contributed by atoms with van der Waals surface area (Å²) in [6, 6.07) is 8.58.